The molecule has 72 valence electrons. The van der Waals surface area contributed by atoms with E-state index in [0.29, 0.717) is 10.8 Å². The largest absolute Gasteiger partial charge is 0.503 e. The van der Waals surface area contributed by atoms with Gasteiger partial charge in [-0.1, -0.05) is 17.7 Å². The Morgan fingerprint density at radius 2 is 1.92 bits per heavy atom. The summed E-state index contributed by atoms with van der Waals surface area (Å²) in [6.07, 6.45) is 0. The number of rotatable bonds is 1. The van der Waals surface area contributed by atoms with E-state index in [-0.39, 0.29) is 11.4 Å². The van der Waals surface area contributed by atoms with Crippen LogP contribution in [-0.2, 0) is 0 Å². The first kappa shape index (κ1) is 10.2. The fourth-order valence-corrected chi connectivity index (χ4v) is 1.07. The second kappa shape index (κ2) is 3.46. The lowest BCUT2D eigenvalue weighted by atomic mass is 10.2. The Bertz CT molecular complexity index is 302. The fourth-order valence-electron chi connectivity index (χ4n) is 0.908. The van der Waals surface area contributed by atoms with Crippen molar-refractivity contribution in [2.75, 3.05) is 0 Å². The maximum absolute atomic E-state index is 9.50. The molecule has 1 rings (SSSR count). The summed E-state index contributed by atoms with van der Waals surface area (Å²) in [6.45, 7) is 5.73. The van der Waals surface area contributed by atoms with E-state index in [9.17, 15) is 5.11 Å². The van der Waals surface area contributed by atoms with Crippen LogP contribution in [0.1, 0.15) is 20.8 Å². The van der Waals surface area contributed by atoms with Gasteiger partial charge in [-0.3, -0.25) is 0 Å². The minimum absolute atomic E-state index is 0.000841. The van der Waals surface area contributed by atoms with E-state index in [2.05, 4.69) is 0 Å². The van der Waals surface area contributed by atoms with Gasteiger partial charge >= 0.3 is 0 Å². The number of phenolic OH excluding ortho intramolecular Hbond substituents is 1. The summed E-state index contributed by atoms with van der Waals surface area (Å²) < 4.78 is 5.48. The van der Waals surface area contributed by atoms with E-state index in [4.69, 9.17) is 16.3 Å². The number of phenols is 1. The summed E-state index contributed by atoms with van der Waals surface area (Å²) in [7, 11) is 0. The van der Waals surface area contributed by atoms with Gasteiger partial charge in [0.2, 0.25) is 0 Å². The number of aromatic hydroxyl groups is 1. The summed E-state index contributed by atoms with van der Waals surface area (Å²) in [5, 5.41) is 9.81. The summed E-state index contributed by atoms with van der Waals surface area (Å²) in [5.74, 6) is 0.416. The predicted octanol–water partition coefficient (Wildman–Crippen LogP) is 3.22. The predicted molar refractivity (Wildman–Crippen MR) is 53.5 cm³/mol. The van der Waals surface area contributed by atoms with Crippen molar-refractivity contribution in [2.24, 2.45) is 0 Å². The Balaban J connectivity index is 2.96. The van der Waals surface area contributed by atoms with Gasteiger partial charge in [0.15, 0.2) is 11.5 Å². The molecule has 0 saturated heterocycles. The van der Waals surface area contributed by atoms with E-state index in [1.807, 2.05) is 20.8 Å². The van der Waals surface area contributed by atoms with Gasteiger partial charge in [0.25, 0.3) is 0 Å². The smallest absolute Gasteiger partial charge is 0.176 e. The topological polar surface area (TPSA) is 29.5 Å². The van der Waals surface area contributed by atoms with Crippen LogP contribution in [0.5, 0.6) is 11.5 Å². The van der Waals surface area contributed by atoms with Crippen LogP contribution in [0.4, 0.5) is 0 Å². The molecule has 0 aliphatic carbocycles. The standard InChI is InChI=1S/C10H13ClO2/c1-10(2,3)13-8-6-4-5-7(11)9(8)12/h4-6,12H,1-3H3. The van der Waals surface area contributed by atoms with E-state index in [0.717, 1.165) is 0 Å². The molecule has 13 heavy (non-hydrogen) atoms. The molecule has 3 heteroatoms. The molecule has 1 aromatic rings. The second-order valence-corrected chi connectivity index (χ2v) is 4.21. The molecule has 0 amide bonds. The molecule has 2 nitrogen and oxygen atoms in total. The minimum Gasteiger partial charge on any atom is -0.503 e. The zero-order chi connectivity index (χ0) is 10.1. The number of halogens is 1. The minimum atomic E-state index is -0.331. The second-order valence-electron chi connectivity index (χ2n) is 3.80. The molecule has 0 fully saturated rings. The number of para-hydroxylation sites is 1. The third-order valence-electron chi connectivity index (χ3n) is 1.37. The highest BCUT2D eigenvalue weighted by atomic mass is 35.5. The molecule has 0 saturated carbocycles. The lowest BCUT2D eigenvalue weighted by molar-refractivity contribution is 0.126. The normalized spacial score (nSPS) is 11.4. The first-order valence-electron chi connectivity index (χ1n) is 4.06. The third-order valence-corrected chi connectivity index (χ3v) is 1.67. The molecule has 0 unspecified atom stereocenters. The van der Waals surface area contributed by atoms with Crippen LogP contribution in [-0.4, -0.2) is 10.7 Å². The number of hydrogen-bond donors (Lipinski definition) is 1. The quantitative estimate of drug-likeness (QED) is 0.754. The average molecular weight is 201 g/mol. The van der Waals surface area contributed by atoms with Crippen molar-refractivity contribution >= 4 is 11.6 Å². The Morgan fingerprint density at radius 1 is 1.31 bits per heavy atom. The van der Waals surface area contributed by atoms with Crippen LogP contribution >= 0.6 is 11.6 Å². The van der Waals surface area contributed by atoms with Gasteiger partial charge in [0, 0.05) is 0 Å². The molecular weight excluding hydrogens is 188 g/mol. The van der Waals surface area contributed by atoms with Crippen molar-refractivity contribution in [2.45, 2.75) is 26.4 Å². The zero-order valence-electron chi connectivity index (χ0n) is 7.97. The summed E-state index contributed by atoms with van der Waals surface area (Å²) in [6, 6.07) is 5.04. The molecule has 0 aromatic heterocycles. The van der Waals surface area contributed by atoms with Gasteiger partial charge < -0.3 is 9.84 Å². The number of benzene rings is 1. The van der Waals surface area contributed by atoms with Crippen molar-refractivity contribution in [3.05, 3.63) is 23.2 Å². The summed E-state index contributed by atoms with van der Waals surface area (Å²) >= 11 is 5.71. The van der Waals surface area contributed by atoms with Crippen LogP contribution in [0.15, 0.2) is 18.2 Å². The van der Waals surface area contributed by atoms with E-state index in [1.165, 1.54) is 0 Å². The molecule has 0 radical (unpaired) electrons. The highest BCUT2D eigenvalue weighted by molar-refractivity contribution is 6.32. The van der Waals surface area contributed by atoms with E-state index < -0.39 is 0 Å². The molecule has 0 aliphatic heterocycles. The lowest BCUT2D eigenvalue weighted by Gasteiger charge is -2.21. The van der Waals surface area contributed by atoms with Crippen LogP contribution in [0.2, 0.25) is 5.02 Å². The molecule has 1 aromatic carbocycles. The van der Waals surface area contributed by atoms with Gasteiger partial charge in [-0.15, -0.1) is 0 Å². The maximum atomic E-state index is 9.50. The first-order valence-corrected chi connectivity index (χ1v) is 4.44. The summed E-state index contributed by atoms with van der Waals surface area (Å²) in [5.41, 5.74) is -0.331. The third kappa shape index (κ3) is 2.81. The molecule has 0 heterocycles. The van der Waals surface area contributed by atoms with Crippen molar-refractivity contribution in [1.29, 1.82) is 0 Å². The van der Waals surface area contributed by atoms with Gasteiger partial charge in [-0.2, -0.15) is 0 Å². The van der Waals surface area contributed by atoms with Crippen LogP contribution in [0.3, 0.4) is 0 Å². The zero-order valence-corrected chi connectivity index (χ0v) is 8.72. The van der Waals surface area contributed by atoms with E-state index in [1.54, 1.807) is 18.2 Å². The fraction of sp³-hybridized carbons (Fsp3) is 0.400. The molecule has 0 bridgehead atoms. The van der Waals surface area contributed by atoms with Gasteiger partial charge in [-0.05, 0) is 32.9 Å². The lowest BCUT2D eigenvalue weighted by Crippen LogP contribution is -2.22. The van der Waals surface area contributed by atoms with Crippen molar-refractivity contribution in [3.63, 3.8) is 0 Å². The van der Waals surface area contributed by atoms with Crippen molar-refractivity contribution in [3.8, 4) is 11.5 Å². The SMILES string of the molecule is CC(C)(C)Oc1cccc(Cl)c1O. The van der Waals surface area contributed by atoms with E-state index >= 15 is 0 Å². The molecule has 0 aliphatic rings. The van der Waals surface area contributed by atoms with Gasteiger partial charge in [-0.25, -0.2) is 0 Å². The average Bonchev–Trinajstić information content (AvgIpc) is 1.96. The molecular formula is C10H13ClO2. The number of hydrogen-bond acceptors (Lipinski definition) is 2. The van der Waals surface area contributed by atoms with Gasteiger partial charge in [0.05, 0.1) is 5.02 Å². The number of ether oxygens (including phenoxy) is 1. The monoisotopic (exact) mass is 200 g/mol. The highest BCUT2D eigenvalue weighted by Crippen LogP contribution is 2.35. The van der Waals surface area contributed by atoms with Crippen LogP contribution in [0.25, 0.3) is 0 Å². The van der Waals surface area contributed by atoms with Gasteiger partial charge in [0.1, 0.15) is 5.60 Å². The molecule has 0 spiro atoms. The van der Waals surface area contributed by atoms with Crippen LogP contribution < -0.4 is 4.74 Å². The highest BCUT2D eigenvalue weighted by Gasteiger charge is 2.15. The summed E-state index contributed by atoms with van der Waals surface area (Å²) in [4.78, 5) is 0. The molecule has 0 atom stereocenters. The first-order chi connectivity index (χ1) is 5.90. The molecule has 1 N–H and O–H groups in total. The maximum Gasteiger partial charge on any atom is 0.176 e. The Kier molecular flexibility index (Phi) is 2.71. The Hall–Kier alpha value is -0.890. The van der Waals surface area contributed by atoms with Crippen LogP contribution in [0, 0.1) is 0 Å². The Morgan fingerprint density at radius 3 is 2.46 bits per heavy atom. The van der Waals surface area contributed by atoms with Crippen molar-refractivity contribution < 1.29 is 9.84 Å². The Labute approximate surface area is 83.1 Å². The van der Waals surface area contributed by atoms with Crippen molar-refractivity contribution in [1.82, 2.24) is 0 Å².